The van der Waals surface area contributed by atoms with Gasteiger partial charge in [0.25, 0.3) is 0 Å². The van der Waals surface area contributed by atoms with Crippen molar-refractivity contribution in [3.63, 3.8) is 0 Å². The van der Waals surface area contributed by atoms with Crippen LogP contribution in [0.1, 0.15) is 29.8 Å². The zero-order chi connectivity index (χ0) is 14.5. The van der Waals surface area contributed by atoms with Crippen LogP contribution in [0.25, 0.3) is 0 Å². The van der Waals surface area contributed by atoms with Crippen LogP contribution in [0.2, 0.25) is 0 Å². The van der Waals surface area contributed by atoms with Crippen LogP contribution >= 0.6 is 15.9 Å². The van der Waals surface area contributed by atoms with Crippen molar-refractivity contribution in [2.75, 3.05) is 6.54 Å². The predicted molar refractivity (Wildman–Crippen MR) is 83.2 cm³/mol. The second kappa shape index (κ2) is 6.95. The minimum atomic E-state index is -0.224. The molecular formula is C16H18BrFN2. The van der Waals surface area contributed by atoms with Gasteiger partial charge < -0.3 is 5.32 Å². The molecule has 1 atom stereocenters. The summed E-state index contributed by atoms with van der Waals surface area (Å²) in [5, 5.41) is 3.45. The Kier molecular flexibility index (Phi) is 5.26. The van der Waals surface area contributed by atoms with Gasteiger partial charge in [-0.1, -0.05) is 35.0 Å². The number of aryl methyl sites for hydroxylation is 1. The Balaban J connectivity index is 2.22. The van der Waals surface area contributed by atoms with Gasteiger partial charge in [-0.15, -0.1) is 0 Å². The smallest absolute Gasteiger partial charge is 0.124 e. The van der Waals surface area contributed by atoms with E-state index in [0.29, 0.717) is 0 Å². The molecule has 1 aromatic heterocycles. The Hall–Kier alpha value is -1.26. The molecule has 0 saturated heterocycles. The molecule has 2 rings (SSSR count). The first-order valence-corrected chi connectivity index (χ1v) is 7.49. The van der Waals surface area contributed by atoms with Crippen LogP contribution in [-0.2, 0) is 6.42 Å². The van der Waals surface area contributed by atoms with Gasteiger partial charge in [-0.2, -0.15) is 0 Å². The summed E-state index contributed by atoms with van der Waals surface area (Å²) >= 11 is 3.43. The van der Waals surface area contributed by atoms with Crippen LogP contribution in [-0.4, -0.2) is 11.5 Å². The van der Waals surface area contributed by atoms with Crippen molar-refractivity contribution in [1.82, 2.24) is 10.3 Å². The summed E-state index contributed by atoms with van der Waals surface area (Å²) in [5.74, 6) is -0.224. The first-order valence-electron chi connectivity index (χ1n) is 6.70. The largest absolute Gasteiger partial charge is 0.310 e. The third-order valence-corrected chi connectivity index (χ3v) is 3.96. The summed E-state index contributed by atoms with van der Waals surface area (Å²) in [5.41, 5.74) is 3.23. The molecule has 0 spiro atoms. The molecule has 1 N–H and O–H groups in total. The van der Waals surface area contributed by atoms with Gasteiger partial charge in [-0.25, -0.2) is 4.39 Å². The van der Waals surface area contributed by atoms with E-state index in [2.05, 4.69) is 39.2 Å². The van der Waals surface area contributed by atoms with Gasteiger partial charge in [0, 0.05) is 22.4 Å². The van der Waals surface area contributed by atoms with Crippen LogP contribution in [0.4, 0.5) is 4.39 Å². The second-order valence-electron chi connectivity index (χ2n) is 4.78. The highest BCUT2D eigenvalue weighted by molar-refractivity contribution is 9.10. The molecule has 0 bridgehead atoms. The Morgan fingerprint density at radius 2 is 2.10 bits per heavy atom. The van der Waals surface area contributed by atoms with Crippen LogP contribution in [0.15, 0.2) is 41.0 Å². The monoisotopic (exact) mass is 336 g/mol. The summed E-state index contributed by atoms with van der Waals surface area (Å²) in [6.07, 6.45) is 2.69. The van der Waals surface area contributed by atoms with Crippen molar-refractivity contribution in [3.8, 4) is 0 Å². The number of rotatable bonds is 5. The van der Waals surface area contributed by atoms with E-state index >= 15 is 0 Å². The number of hydrogen-bond donors (Lipinski definition) is 1. The van der Waals surface area contributed by atoms with Gasteiger partial charge in [0.05, 0.1) is 0 Å². The highest BCUT2D eigenvalue weighted by Crippen LogP contribution is 2.24. The fourth-order valence-electron chi connectivity index (χ4n) is 2.15. The van der Waals surface area contributed by atoms with Gasteiger partial charge in [-0.05, 0) is 49.2 Å². The van der Waals surface area contributed by atoms with Gasteiger partial charge in [0.15, 0.2) is 0 Å². The van der Waals surface area contributed by atoms with E-state index in [1.54, 1.807) is 0 Å². The van der Waals surface area contributed by atoms with Crippen LogP contribution < -0.4 is 5.32 Å². The summed E-state index contributed by atoms with van der Waals surface area (Å²) in [6, 6.07) is 9.11. The Morgan fingerprint density at radius 1 is 1.30 bits per heavy atom. The third-order valence-electron chi connectivity index (χ3n) is 3.23. The average molecular weight is 337 g/mol. The van der Waals surface area contributed by atoms with Crippen molar-refractivity contribution in [1.29, 1.82) is 0 Å². The van der Waals surface area contributed by atoms with Gasteiger partial charge in [0.1, 0.15) is 5.82 Å². The van der Waals surface area contributed by atoms with Crippen molar-refractivity contribution in [3.05, 3.63) is 63.6 Å². The number of benzene rings is 1. The van der Waals surface area contributed by atoms with E-state index in [-0.39, 0.29) is 11.9 Å². The van der Waals surface area contributed by atoms with Gasteiger partial charge >= 0.3 is 0 Å². The van der Waals surface area contributed by atoms with Gasteiger partial charge in [0.2, 0.25) is 0 Å². The number of likely N-dealkylation sites (N-methyl/N-ethyl adjacent to an activating group) is 1. The van der Waals surface area contributed by atoms with E-state index in [1.807, 2.05) is 25.3 Å². The van der Waals surface area contributed by atoms with E-state index < -0.39 is 0 Å². The lowest BCUT2D eigenvalue weighted by molar-refractivity contribution is 0.546. The molecule has 0 saturated carbocycles. The van der Waals surface area contributed by atoms with E-state index in [4.69, 9.17) is 0 Å². The molecule has 1 heterocycles. The molecule has 1 aromatic carbocycles. The maximum atomic E-state index is 13.1. The van der Waals surface area contributed by atoms with E-state index in [1.165, 1.54) is 12.1 Å². The van der Waals surface area contributed by atoms with E-state index in [9.17, 15) is 4.39 Å². The van der Waals surface area contributed by atoms with Crippen molar-refractivity contribution < 1.29 is 4.39 Å². The minimum Gasteiger partial charge on any atom is -0.310 e. The Morgan fingerprint density at radius 3 is 2.70 bits per heavy atom. The highest BCUT2D eigenvalue weighted by Gasteiger charge is 2.13. The quantitative estimate of drug-likeness (QED) is 0.885. The van der Waals surface area contributed by atoms with Crippen molar-refractivity contribution in [2.45, 2.75) is 26.3 Å². The molecule has 0 aliphatic heterocycles. The fraction of sp³-hybridized carbons (Fsp3) is 0.312. The number of aromatic nitrogens is 1. The average Bonchev–Trinajstić information content (AvgIpc) is 2.42. The zero-order valence-corrected chi connectivity index (χ0v) is 13.2. The van der Waals surface area contributed by atoms with Gasteiger partial charge in [-0.3, -0.25) is 4.98 Å². The molecule has 1 unspecified atom stereocenters. The third kappa shape index (κ3) is 3.87. The Labute approximate surface area is 127 Å². The summed E-state index contributed by atoms with van der Waals surface area (Å²) in [7, 11) is 0. The number of nitrogens with one attached hydrogen (secondary N) is 1. The van der Waals surface area contributed by atoms with Crippen LogP contribution in [0, 0.1) is 12.7 Å². The van der Waals surface area contributed by atoms with E-state index in [0.717, 1.165) is 34.3 Å². The summed E-state index contributed by atoms with van der Waals surface area (Å²) in [6.45, 7) is 4.92. The number of halogens is 2. The summed E-state index contributed by atoms with van der Waals surface area (Å²) in [4.78, 5) is 4.35. The molecule has 0 amide bonds. The number of nitrogens with zero attached hydrogens (tertiary/aromatic N) is 1. The fourth-order valence-corrected chi connectivity index (χ4v) is 2.66. The lowest BCUT2D eigenvalue weighted by atomic mass is 10.00. The first kappa shape index (κ1) is 15.1. The molecule has 20 heavy (non-hydrogen) atoms. The van der Waals surface area contributed by atoms with Crippen LogP contribution in [0.5, 0.6) is 0 Å². The molecular weight excluding hydrogens is 319 g/mol. The lowest BCUT2D eigenvalue weighted by Gasteiger charge is -2.19. The SMILES string of the molecule is CCNC(Cc1ccc(F)cc1Br)c1ccc(C)nc1. The van der Waals surface area contributed by atoms with Crippen LogP contribution in [0.3, 0.4) is 0 Å². The number of hydrogen-bond acceptors (Lipinski definition) is 2. The molecule has 2 aromatic rings. The van der Waals surface area contributed by atoms with Crippen molar-refractivity contribution in [2.24, 2.45) is 0 Å². The molecule has 0 fully saturated rings. The minimum absolute atomic E-state index is 0.176. The molecule has 0 radical (unpaired) electrons. The molecule has 0 aliphatic rings. The topological polar surface area (TPSA) is 24.9 Å². The number of pyridine rings is 1. The standard InChI is InChI=1S/C16H18BrFN2/c1-3-19-16(13-5-4-11(2)20-10-13)8-12-6-7-14(18)9-15(12)17/h4-7,9-10,16,19H,3,8H2,1-2H3. The molecule has 0 aliphatic carbocycles. The molecule has 2 nitrogen and oxygen atoms in total. The molecule has 4 heteroatoms. The normalized spacial score (nSPS) is 12.4. The highest BCUT2D eigenvalue weighted by atomic mass is 79.9. The Bertz CT molecular complexity index is 569. The first-order chi connectivity index (χ1) is 9.60. The maximum absolute atomic E-state index is 13.1. The predicted octanol–water partition coefficient (Wildman–Crippen LogP) is 4.18. The second-order valence-corrected chi connectivity index (χ2v) is 5.64. The zero-order valence-electron chi connectivity index (χ0n) is 11.7. The van der Waals surface area contributed by atoms with Crippen molar-refractivity contribution >= 4 is 15.9 Å². The lowest BCUT2D eigenvalue weighted by Crippen LogP contribution is -2.23. The maximum Gasteiger partial charge on any atom is 0.124 e. The summed E-state index contributed by atoms with van der Waals surface area (Å²) < 4.78 is 14.0. The molecule has 106 valence electrons.